The lowest BCUT2D eigenvalue weighted by molar-refractivity contribution is 0.400. The van der Waals surface area contributed by atoms with Crippen LogP contribution in [0.2, 0.25) is 0 Å². The van der Waals surface area contributed by atoms with Crippen molar-refractivity contribution in [2.75, 3.05) is 18.1 Å². The molecule has 0 spiro atoms. The molecule has 0 amide bonds. The zero-order chi connectivity index (χ0) is 13.6. The number of nitrogens with one attached hydrogen (secondary N) is 1. The van der Waals surface area contributed by atoms with E-state index in [9.17, 15) is 8.42 Å². The summed E-state index contributed by atoms with van der Waals surface area (Å²) in [7, 11) is -2.75. The van der Waals surface area contributed by atoms with E-state index in [1.807, 2.05) is 0 Å². The molecule has 1 heterocycles. The normalized spacial score (nSPS) is 24.0. The summed E-state index contributed by atoms with van der Waals surface area (Å²) < 4.78 is 23.0. The molecule has 1 aliphatic rings. The van der Waals surface area contributed by atoms with Gasteiger partial charge in [0.25, 0.3) is 0 Å². The van der Waals surface area contributed by atoms with Gasteiger partial charge in [-0.15, -0.1) is 0 Å². The van der Waals surface area contributed by atoms with Crippen LogP contribution in [0.1, 0.15) is 46.0 Å². The number of hydrogen-bond donors (Lipinski definition) is 1. The summed E-state index contributed by atoms with van der Waals surface area (Å²) in [5, 5.41) is 3.53. The Morgan fingerprint density at radius 2 is 2.17 bits per heavy atom. The Kier molecular flexibility index (Phi) is 6.36. The van der Waals surface area contributed by atoms with Crippen molar-refractivity contribution >= 4 is 9.84 Å². The fraction of sp³-hybridized carbons (Fsp3) is 0.857. The molecule has 2 atom stereocenters. The van der Waals surface area contributed by atoms with E-state index in [0.717, 1.165) is 38.6 Å². The number of hydrogen-bond acceptors (Lipinski definition) is 3. The van der Waals surface area contributed by atoms with Crippen molar-refractivity contribution in [3.63, 3.8) is 0 Å². The first-order valence-electron chi connectivity index (χ1n) is 7.07. The van der Waals surface area contributed by atoms with Crippen LogP contribution < -0.4 is 5.32 Å². The minimum atomic E-state index is -2.75. The van der Waals surface area contributed by atoms with E-state index in [-0.39, 0.29) is 0 Å². The zero-order valence-corrected chi connectivity index (χ0v) is 12.6. The number of rotatable bonds is 8. The molecule has 0 aromatic carbocycles. The number of sulfone groups is 1. The van der Waals surface area contributed by atoms with Crippen molar-refractivity contribution < 1.29 is 8.42 Å². The minimum absolute atomic E-state index is 0.342. The molecular formula is C14H27NO2S. The van der Waals surface area contributed by atoms with Gasteiger partial charge in [0, 0.05) is 6.04 Å². The topological polar surface area (TPSA) is 46.2 Å². The van der Waals surface area contributed by atoms with Gasteiger partial charge >= 0.3 is 0 Å². The lowest BCUT2D eigenvalue weighted by Gasteiger charge is -2.22. The minimum Gasteiger partial charge on any atom is -0.314 e. The molecule has 0 aliphatic carbocycles. The van der Waals surface area contributed by atoms with Gasteiger partial charge in [-0.1, -0.05) is 26.0 Å². The highest BCUT2D eigenvalue weighted by Crippen LogP contribution is 2.25. The average Bonchev–Trinajstić information content (AvgIpc) is 2.65. The Labute approximate surface area is 112 Å². The van der Waals surface area contributed by atoms with Crippen LogP contribution in [-0.2, 0) is 9.84 Å². The van der Waals surface area contributed by atoms with Crippen LogP contribution in [0.15, 0.2) is 12.2 Å². The summed E-state index contributed by atoms with van der Waals surface area (Å²) in [6, 6.07) is 0.399. The van der Waals surface area contributed by atoms with E-state index >= 15 is 0 Å². The van der Waals surface area contributed by atoms with Crippen molar-refractivity contribution in [2.24, 2.45) is 5.92 Å². The van der Waals surface area contributed by atoms with E-state index in [4.69, 9.17) is 0 Å². The largest absolute Gasteiger partial charge is 0.314 e. The Morgan fingerprint density at radius 3 is 2.67 bits per heavy atom. The SMILES string of the molecule is C=C(CC)CC(CC1CCS(=O)(=O)C1)NCCC. The van der Waals surface area contributed by atoms with Gasteiger partial charge in [-0.05, 0) is 44.6 Å². The monoisotopic (exact) mass is 273 g/mol. The Bertz CT molecular complexity index is 362. The van der Waals surface area contributed by atoms with Gasteiger partial charge in [0.05, 0.1) is 11.5 Å². The van der Waals surface area contributed by atoms with Crippen molar-refractivity contribution in [3.8, 4) is 0 Å². The molecule has 4 heteroatoms. The molecule has 3 nitrogen and oxygen atoms in total. The molecule has 2 unspecified atom stereocenters. The van der Waals surface area contributed by atoms with Gasteiger partial charge in [-0.25, -0.2) is 8.42 Å². The van der Waals surface area contributed by atoms with Gasteiger partial charge in [-0.2, -0.15) is 0 Å². The maximum atomic E-state index is 11.5. The van der Waals surface area contributed by atoms with Crippen LogP contribution in [0, 0.1) is 5.92 Å². The van der Waals surface area contributed by atoms with E-state index in [1.165, 1.54) is 5.57 Å². The zero-order valence-electron chi connectivity index (χ0n) is 11.7. The first-order chi connectivity index (χ1) is 8.46. The third-order valence-corrected chi connectivity index (χ3v) is 5.50. The quantitative estimate of drug-likeness (QED) is 0.691. The highest BCUT2D eigenvalue weighted by Gasteiger charge is 2.29. The molecule has 0 aromatic rings. The van der Waals surface area contributed by atoms with Crippen molar-refractivity contribution in [2.45, 2.75) is 52.0 Å². The summed E-state index contributed by atoms with van der Waals surface area (Å²) in [6.07, 6.45) is 4.90. The van der Waals surface area contributed by atoms with Crippen LogP contribution in [0.3, 0.4) is 0 Å². The van der Waals surface area contributed by atoms with Gasteiger partial charge in [0.2, 0.25) is 0 Å². The Hall–Kier alpha value is -0.350. The standard InChI is InChI=1S/C14H27NO2S/c1-4-7-15-14(9-12(3)5-2)10-13-6-8-18(16,17)11-13/h13-15H,3-11H2,1-2H3. The Morgan fingerprint density at radius 1 is 1.44 bits per heavy atom. The summed E-state index contributed by atoms with van der Waals surface area (Å²) in [6.45, 7) is 9.34. The smallest absolute Gasteiger partial charge is 0.150 e. The van der Waals surface area contributed by atoms with Gasteiger partial charge in [-0.3, -0.25) is 0 Å². The van der Waals surface area contributed by atoms with Gasteiger partial charge in [0.15, 0.2) is 9.84 Å². The van der Waals surface area contributed by atoms with E-state index in [2.05, 4.69) is 25.7 Å². The maximum absolute atomic E-state index is 11.5. The molecule has 18 heavy (non-hydrogen) atoms. The van der Waals surface area contributed by atoms with Crippen molar-refractivity contribution in [3.05, 3.63) is 12.2 Å². The van der Waals surface area contributed by atoms with E-state index in [1.54, 1.807) is 0 Å². The molecule has 1 aliphatic heterocycles. The highest BCUT2D eigenvalue weighted by atomic mass is 32.2. The average molecular weight is 273 g/mol. The van der Waals surface area contributed by atoms with Crippen LogP contribution >= 0.6 is 0 Å². The molecule has 0 bridgehead atoms. The third-order valence-electron chi connectivity index (χ3n) is 3.66. The fourth-order valence-electron chi connectivity index (χ4n) is 2.54. The predicted molar refractivity (Wildman–Crippen MR) is 77.5 cm³/mol. The first kappa shape index (κ1) is 15.7. The van der Waals surface area contributed by atoms with Crippen LogP contribution in [0.25, 0.3) is 0 Å². The highest BCUT2D eigenvalue weighted by molar-refractivity contribution is 7.91. The van der Waals surface area contributed by atoms with Crippen LogP contribution in [0.5, 0.6) is 0 Å². The maximum Gasteiger partial charge on any atom is 0.150 e. The fourth-order valence-corrected chi connectivity index (χ4v) is 4.42. The molecule has 106 valence electrons. The van der Waals surface area contributed by atoms with Crippen molar-refractivity contribution in [1.82, 2.24) is 5.32 Å². The second kappa shape index (κ2) is 7.29. The third kappa shape index (κ3) is 5.53. The second-order valence-electron chi connectivity index (χ2n) is 5.46. The van der Waals surface area contributed by atoms with Crippen LogP contribution in [-0.4, -0.2) is 32.5 Å². The summed E-state index contributed by atoms with van der Waals surface area (Å²) in [5.41, 5.74) is 1.25. The molecule has 0 radical (unpaired) electrons. The molecule has 1 fully saturated rings. The summed E-state index contributed by atoms with van der Waals surface area (Å²) >= 11 is 0. The predicted octanol–water partition coefficient (Wildman–Crippen LogP) is 2.54. The molecule has 0 aromatic heterocycles. The lowest BCUT2D eigenvalue weighted by Crippen LogP contribution is -2.32. The summed E-state index contributed by atoms with van der Waals surface area (Å²) in [5.74, 6) is 1.11. The lowest BCUT2D eigenvalue weighted by atomic mass is 9.94. The summed E-state index contributed by atoms with van der Waals surface area (Å²) in [4.78, 5) is 0. The second-order valence-corrected chi connectivity index (χ2v) is 7.69. The molecule has 0 saturated carbocycles. The molecule has 1 N–H and O–H groups in total. The van der Waals surface area contributed by atoms with Crippen LogP contribution in [0.4, 0.5) is 0 Å². The molecule has 1 rings (SSSR count). The molecular weight excluding hydrogens is 246 g/mol. The van der Waals surface area contributed by atoms with E-state index in [0.29, 0.717) is 23.5 Å². The molecule has 1 saturated heterocycles. The van der Waals surface area contributed by atoms with E-state index < -0.39 is 9.84 Å². The first-order valence-corrected chi connectivity index (χ1v) is 8.89. The van der Waals surface area contributed by atoms with Crippen molar-refractivity contribution in [1.29, 1.82) is 0 Å². The van der Waals surface area contributed by atoms with Gasteiger partial charge in [0.1, 0.15) is 0 Å². The Balaban J connectivity index is 2.47. The van der Waals surface area contributed by atoms with Gasteiger partial charge < -0.3 is 5.32 Å².